The quantitative estimate of drug-likeness (QED) is 0.639. The summed E-state index contributed by atoms with van der Waals surface area (Å²) < 4.78 is 6.03. The van der Waals surface area contributed by atoms with Gasteiger partial charge in [-0.15, -0.1) is 0 Å². The van der Waals surface area contributed by atoms with Gasteiger partial charge < -0.3 is 18.9 Å². The summed E-state index contributed by atoms with van der Waals surface area (Å²) in [7, 11) is 4.28. The van der Waals surface area contributed by atoms with Crippen LogP contribution in [-0.4, -0.2) is 32.1 Å². The van der Waals surface area contributed by atoms with Crippen LogP contribution < -0.4 is 20.3 Å². The highest BCUT2D eigenvalue weighted by Crippen LogP contribution is 2.39. The number of rotatable bonds is 1. The molecule has 2 aliphatic heterocycles. The van der Waals surface area contributed by atoms with Gasteiger partial charge in [0.15, 0.2) is 0 Å². The third-order valence-electron chi connectivity index (χ3n) is 5.50. The van der Waals surface area contributed by atoms with Crippen LogP contribution in [0.2, 0.25) is 0 Å². The topological polar surface area (TPSA) is 22.9 Å². The molecule has 0 bridgehead atoms. The first-order valence-corrected chi connectivity index (χ1v) is 8.68. The lowest BCUT2D eigenvalue weighted by atomic mass is 9.69. The standard InChI is InChI=1S/C20H20BN3O/c1-14-23(3)17-9-5-6-10-18(17)24(14)21-12-16-15-8-4-7-11-19(15)25-20(16)13-22(21)2/h4-14H,1-3H3/t14-/m0/s1. The van der Waals surface area contributed by atoms with Gasteiger partial charge in [-0.05, 0) is 32.2 Å². The molecule has 2 aromatic carbocycles. The van der Waals surface area contributed by atoms with Crippen LogP contribution in [0.3, 0.4) is 0 Å². The van der Waals surface area contributed by atoms with Crippen molar-refractivity contribution < 1.29 is 4.42 Å². The molecule has 3 heterocycles. The minimum atomic E-state index is 0.148. The van der Waals surface area contributed by atoms with Gasteiger partial charge in [0, 0.05) is 23.9 Å². The van der Waals surface area contributed by atoms with Crippen LogP contribution in [0.25, 0.3) is 23.1 Å². The predicted octanol–water partition coefficient (Wildman–Crippen LogP) is 2.23. The molecule has 0 N–H and O–H groups in total. The van der Waals surface area contributed by atoms with E-state index in [-0.39, 0.29) is 13.1 Å². The Balaban J connectivity index is 1.71. The van der Waals surface area contributed by atoms with Crippen molar-refractivity contribution in [2.24, 2.45) is 0 Å². The third kappa shape index (κ3) is 1.95. The molecular formula is C20H20BN3O. The first-order valence-electron chi connectivity index (χ1n) is 8.68. The van der Waals surface area contributed by atoms with Crippen molar-refractivity contribution in [3.63, 3.8) is 0 Å². The first kappa shape index (κ1) is 14.5. The number of furan rings is 1. The van der Waals surface area contributed by atoms with Gasteiger partial charge in [-0.2, -0.15) is 0 Å². The molecule has 4 nitrogen and oxygen atoms in total. The summed E-state index contributed by atoms with van der Waals surface area (Å²) >= 11 is 0. The molecule has 3 aromatic rings. The highest BCUT2D eigenvalue weighted by molar-refractivity contribution is 6.75. The number of anilines is 2. The maximum Gasteiger partial charge on any atom is 0.405 e. The molecule has 0 saturated heterocycles. The van der Waals surface area contributed by atoms with Gasteiger partial charge in [-0.25, -0.2) is 0 Å². The molecule has 124 valence electrons. The summed E-state index contributed by atoms with van der Waals surface area (Å²) in [6.45, 7) is 2.40. The van der Waals surface area contributed by atoms with Gasteiger partial charge in [0.1, 0.15) is 11.0 Å². The van der Waals surface area contributed by atoms with E-state index in [1.54, 1.807) is 0 Å². The van der Waals surface area contributed by atoms with Crippen LogP contribution in [0.1, 0.15) is 6.92 Å². The zero-order chi connectivity index (χ0) is 17.1. The number of nitrogens with zero attached hydrogens (tertiary/aromatic N) is 3. The molecule has 0 amide bonds. The summed E-state index contributed by atoms with van der Waals surface area (Å²) in [6.07, 6.45) is 2.41. The summed E-state index contributed by atoms with van der Waals surface area (Å²) in [5.74, 6) is 2.33. The molecule has 0 radical (unpaired) electrons. The number of para-hydroxylation sites is 3. The molecule has 1 atom stereocenters. The summed E-state index contributed by atoms with van der Waals surface area (Å²) in [4.78, 5) is 7.04. The van der Waals surface area contributed by atoms with Gasteiger partial charge >= 0.3 is 6.98 Å². The number of fused-ring (bicyclic) bond motifs is 4. The summed E-state index contributed by atoms with van der Waals surface area (Å²) in [6, 6.07) is 16.9. The second kappa shape index (κ2) is 5.09. The Hall–Kier alpha value is -2.82. The maximum absolute atomic E-state index is 6.03. The Labute approximate surface area is 147 Å². The molecule has 0 saturated carbocycles. The average molecular weight is 329 g/mol. The molecule has 0 unspecified atom stereocenters. The van der Waals surface area contributed by atoms with Crippen molar-refractivity contribution in [1.29, 1.82) is 0 Å². The fourth-order valence-electron chi connectivity index (χ4n) is 4.09. The molecule has 0 fully saturated rings. The van der Waals surface area contributed by atoms with Gasteiger partial charge in [0.05, 0.1) is 17.5 Å². The molecule has 5 rings (SSSR count). The Kier molecular flexibility index (Phi) is 2.96. The minimum absolute atomic E-state index is 0.148. The van der Waals surface area contributed by atoms with E-state index in [0.29, 0.717) is 0 Å². The van der Waals surface area contributed by atoms with E-state index < -0.39 is 0 Å². The molecular weight excluding hydrogens is 309 g/mol. The van der Waals surface area contributed by atoms with Gasteiger partial charge in [-0.1, -0.05) is 36.3 Å². The lowest BCUT2D eigenvalue weighted by Gasteiger charge is -2.36. The van der Waals surface area contributed by atoms with E-state index in [1.165, 1.54) is 22.0 Å². The normalized spacial score (nSPS) is 18.9. The van der Waals surface area contributed by atoms with Gasteiger partial charge in [0.2, 0.25) is 0 Å². The Morgan fingerprint density at radius 3 is 2.52 bits per heavy atom. The molecule has 1 aromatic heterocycles. The van der Waals surface area contributed by atoms with Crippen LogP contribution in [0.5, 0.6) is 0 Å². The number of hydrogen-bond donors (Lipinski definition) is 0. The fourth-order valence-corrected chi connectivity index (χ4v) is 4.09. The van der Waals surface area contributed by atoms with Crippen molar-refractivity contribution in [1.82, 2.24) is 4.81 Å². The second-order valence-electron chi connectivity index (χ2n) is 6.89. The predicted molar refractivity (Wildman–Crippen MR) is 105 cm³/mol. The van der Waals surface area contributed by atoms with E-state index in [9.17, 15) is 0 Å². The zero-order valence-electron chi connectivity index (χ0n) is 14.7. The molecule has 0 spiro atoms. The van der Waals surface area contributed by atoms with Crippen molar-refractivity contribution in [3.8, 4) is 0 Å². The monoisotopic (exact) mass is 329 g/mol. The van der Waals surface area contributed by atoms with Gasteiger partial charge in [-0.3, -0.25) is 0 Å². The van der Waals surface area contributed by atoms with Crippen molar-refractivity contribution >= 4 is 41.5 Å². The van der Waals surface area contributed by atoms with Crippen LogP contribution >= 0.6 is 0 Å². The van der Waals surface area contributed by atoms with Crippen LogP contribution in [-0.2, 0) is 0 Å². The van der Waals surface area contributed by atoms with Crippen LogP contribution in [0, 0.1) is 0 Å². The smallest absolute Gasteiger partial charge is 0.405 e. The number of benzene rings is 2. The molecule has 2 aliphatic rings. The summed E-state index contributed by atoms with van der Waals surface area (Å²) in [5.41, 5.74) is 4.43. The summed E-state index contributed by atoms with van der Waals surface area (Å²) in [5, 5.41) is 2.37. The lowest BCUT2D eigenvalue weighted by Crippen LogP contribution is -2.56. The van der Waals surface area contributed by atoms with Crippen molar-refractivity contribution in [2.75, 3.05) is 23.8 Å². The van der Waals surface area contributed by atoms with Gasteiger partial charge in [0.25, 0.3) is 0 Å². The second-order valence-corrected chi connectivity index (χ2v) is 6.89. The Morgan fingerprint density at radius 2 is 1.68 bits per heavy atom. The Morgan fingerprint density at radius 1 is 0.960 bits per heavy atom. The van der Waals surface area contributed by atoms with E-state index in [4.69, 9.17) is 4.42 Å². The van der Waals surface area contributed by atoms with E-state index in [0.717, 1.165) is 11.0 Å². The minimum Gasteiger partial charge on any atom is -0.455 e. The third-order valence-corrected chi connectivity index (χ3v) is 5.50. The largest absolute Gasteiger partial charge is 0.455 e. The van der Waals surface area contributed by atoms with Crippen molar-refractivity contribution in [3.05, 3.63) is 59.2 Å². The van der Waals surface area contributed by atoms with E-state index in [2.05, 4.69) is 84.1 Å². The highest BCUT2D eigenvalue weighted by atomic mass is 16.3. The van der Waals surface area contributed by atoms with Crippen molar-refractivity contribution in [2.45, 2.75) is 13.1 Å². The molecule has 0 aliphatic carbocycles. The van der Waals surface area contributed by atoms with Crippen LogP contribution in [0.4, 0.5) is 11.4 Å². The Bertz CT molecular complexity index is 1090. The lowest BCUT2D eigenvalue weighted by molar-refractivity contribution is 0.561. The zero-order valence-corrected chi connectivity index (χ0v) is 14.7. The SMILES string of the molecule is C[C@H]1N(C)c2ccccc2N1B1C=c2c(oc3ccccc23)=CN1C. The fraction of sp³-hybridized carbons (Fsp3) is 0.200. The van der Waals surface area contributed by atoms with Crippen LogP contribution in [0.15, 0.2) is 52.9 Å². The highest BCUT2D eigenvalue weighted by Gasteiger charge is 2.39. The van der Waals surface area contributed by atoms with E-state index >= 15 is 0 Å². The molecule has 5 heteroatoms. The first-order chi connectivity index (χ1) is 12.1. The number of hydrogen-bond acceptors (Lipinski definition) is 4. The average Bonchev–Trinajstić information content (AvgIpc) is 3.10. The molecule has 25 heavy (non-hydrogen) atoms. The van der Waals surface area contributed by atoms with E-state index in [1.807, 2.05) is 12.1 Å². The maximum atomic E-state index is 6.03.